The molecular weight excluding hydrogens is 457 g/mol. The molecule has 2 aliphatic heterocycles. The number of benzene rings is 1. The van der Waals surface area contributed by atoms with Gasteiger partial charge in [-0.2, -0.15) is 13.2 Å². The lowest BCUT2D eigenvalue weighted by Gasteiger charge is -2.48. The van der Waals surface area contributed by atoms with E-state index in [4.69, 9.17) is 9.47 Å². The van der Waals surface area contributed by atoms with Crippen LogP contribution in [0.4, 0.5) is 13.2 Å². The van der Waals surface area contributed by atoms with Gasteiger partial charge in [-0.3, -0.25) is 19.3 Å². The summed E-state index contributed by atoms with van der Waals surface area (Å²) in [4.78, 5) is 37.3. The number of esters is 1. The lowest BCUT2D eigenvalue weighted by molar-refractivity contribution is -0.160. The molecule has 0 spiro atoms. The Balaban J connectivity index is 1.89. The molecule has 32 heavy (non-hydrogen) atoms. The second-order valence-corrected chi connectivity index (χ2v) is 9.27. The van der Waals surface area contributed by atoms with Crippen LogP contribution in [0.5, 0.6) is 0 Å². The van der Waals surface area contributed by atoms with E-state index in [1.165, 1.54) is 12.1 Å². The molecule has 1 aromatic rings. The van der Waals surface area contributed by atoms with Crippen LogP contribution in [0, 0.1) is 0 Å². The lowest BCUT2D eigenvalue weighted by Crippen LogP contribution is -2.71. The van der Waals surface area contributed by atoms with E-state index in [1.807, 2.05) is 0 Å². The molecule has 3 rings (SSSR count). The molecule has 0 aromatic heterocycles. The number of ether oxygens (including phenoxy) is 2. The number of sulfone groups is 1. The maximum absolute atomic E-state index is 12.9. The molecule has 1 saturated heterocycles. The van der Waals surface area contributed by atoms with E-state index < -0.39 is 63.2 Å². The Labute approximate surface area is 181 Å². The Morgan fingerprint density at radius 2 is 1.97 bits per heavy atom. The van der Waals surface area contributed by atoms with E-state index in [0.717, 1.165) is 31.1 Å². The van der Waals surface area contributed by atoms with Crippen molar-refractivity contribution in [2.45, 2.75) is 31.1 Å². The summed E-state index contributed by atoms with van der Waals surface area (Å²) in [5, 5.41) is 0.975. The minimum absolute atomic E-state index is 0.124. The van der Waals surface area contributed by atoms with Gasteiger partial charge in [0.2, 0.25) is 0 Å². The number of amides is 2. The fraction of sp³-hybridized carbons (Fsp3) is 0.421. The number of carbonyl (C=O) groups excluding carboxylic acids is 3. The van der Waals surface area contributed by atoms with E-state index >= 15 is 0 Å². The molecule has 13 heteroatoms. The molecule has 0 saturated carbocycles. The standard InChI is InChI=1S/C19H19F3N2O7S/c1-10(25)31-8-12-9-32(28,29)18-15(30-2)17(27)24(18)14(12)16(26)23-7-11-4-3-5-13(6-11)19(20,21)22/h3-6,15,18H,7-9H2,1-2H3,(H,23,26)/t15-,18+/m0/s1. The number of hydrogen-bond acceptors (Lipinski definition) is 7. The zero-order valence-corrected chi connectivity index (χ0v) is 17.7. The van der Waals surface area contributed by atoms with Crippen molar-refractivity contribution in [2.24, 2.45) is 0 Å². The second-order valence-electron chi connectivity index (χ2n) is 7.18. The van der Waals surface area contributed by atoms with Crippen molar-refractivity contribution in [2.75, 3.05) is 19.5 Å². The number of hydrogen-bond donors (Lipinski definition) is 1. The summed E-state index contributed by atoms with van der Waals surface area (Å²) in [5.74, 6) is -3.05. The summed E-state index contributed by atoms with van der Waals surface area (Å²) < 4.78 is 73.7. The largest absolute Gasteiger partial charge is 0.461 e. The third-order valence-corrected chi connectivity index (χ3v) is 6.88. The van der Waals surface area contributed by atoms with E-state index in [-0.39, 0.29) is 23.4 Å². The number of carbonyl (C=O) groups is 3. The Hall–Kier alpha value is -2.93. The van der Waals surface area contributed by atoms with Crippen LogP contribution < -0.4 is 5.32 Å². The molecule has 2 heterocycles. The summed E-state index contributed by atoms with van der Waals surface area (Å²) in [6.45, 7) is 0.221. The van der Waals surface area contributed by atoms with Crippen molar-refractivity contribution in [3.05, 3.63) is 46.7 Å². The maximum atomic E-state index is 12.9. The molecule has 2 amide bonds. The third-order valence-electron chi connectivity index (χ3n) is 4.94. The van der Waals surface area contributed by atoms with Gasteiger partial charge in [0.15, 0.2) is 21.3 Å². The highest BCUT2D eigenvalue weighted by molar-refractivity contribution is 7.92. The summed E-state index contributed by atoms with van der Waals surface area (Å²) in [6.07, 6.45) is -5.86. The number of nitrogens with zero attached hydrogens (tertiary/aromatic N) is 1. The van der Waals surface area contributed by atoms with Crippen LogP contribution in [0.1, 0.15) is 18.1 Å². The highest BCUT2D eigenvalue weighted by Crippen LogP contribution is 2.38. The summed E-state index contributed by atoms with van der Waals surface area (Å²) in [7, 11) is -2.79. The molecule has 0 radical (unpaired) electrons. The first kappa shape index (κ1) is 23.7. The molecule has 2 atom stereocenters. The Morgan fingerprint density at radius 3 is 2.56 bits per heavy atom. The molecule has 1 fully saturated rings. The smallest absolute Gasteiger partial charge is 0.416 e. The predicted molar refractivity (Wildman–Crippen MR) is 102 cm³/mol. The van der Waals surface area contributed by atoms with Gasteiger partial charge in [-0.25, -0.2) is 8.42 Å². The van der Waals surface area contributed by atoms with Gasteiger partial charge in [-0.05, 0) is 17.7 Å². The molecule has 0 aliphatic carbocycles. The van der Waals surface area contributed by atoms with Gasteiger partial charge in [0.05, 0.1) is 11.3 Å². The van der Waals surface area contributed by atoms with Crippen molar-refractivity contribution >= 4 is 27.6 Å². The van der Waals surface area contributed by atoms with E-state index in [0.29, 0.717) is 0 Å². The van der Waals surface area contributed by atoms with Crippen LogP contribution >= 0.6 is 0 Å². The van der Waals surface area contributed by atoms with Crippen molar-refractivity contribution in [1.29, 1.82) is 0 Å². The average molecular weight is 476 g/mol. The molecule has 174 valence electrons. The van der Waals surface area contributed by atoms with Crippen molar-refractivity contribution in [3.8, 4) is 0 Å². The lowest BCUT2D eigenvalue weighted by atomic mass is 10.0. The van der Waals surface area contributed by atoms with Crippen LogP contribution in [0.25, 0.3) is 0 Å². The van der Waals surface area contributed by atoms with Gasteiger partial charge in [0.1, 0.15) is 12.3 Å². The van der Waals surface area contributed by atoms with Crippen LogP contribution in [-0.2, 0) is 46.4 Å². The molecule has 2 aliphatic rings. The number of methoxy groups -OCH3 is 1. The minimum Gasteiger partial charge on any atom is -0.461 e. The normalized spacial score (nSPS) is 22.2. The average Bonchev–Trinajstić information content (AvgIpc) is 2.70. The predicted octanol–water partition coefficient (Wildman–Crippen LogP) is 0.750. The Morgan fingerprint density at radius 1 is 1.28 bits per heavy atom. The highest BCUT2D eigenvalue weighted by atomic mass is 32.2. The second kappa shape index (κ2) is 8.54. The topological polar surface area (TPSA) is 119 Å². The first-order valence-corrected chi connectivity index (χ1v) is 11.0. The number of β-lactam (4-membered cyclic amide) rings is 1. The van der Waals surface area contributed by atoms with E-state index in [2.05, 4.69) is 5.32 Å². The fourth-order valence-corrected chi connectivity index (χ4v) is 5.51. The van der Waals surface area contributed by atoms with E-state index in [9.17, 15) is 36.0 Å². The number of rotatable bonds is 6. The van der Waals surface area contributed by atoms with Crippen LogP contribution in [0.3, 0.4) is 0 Å². The van der Waals surface area contributed by atoms with Gasteiger partial charge in [-0.15, -0.1) is 0 Å². The number of alkyl halides is 3. The fourth-order valence-electron chi connectivity index (χ4n) is 3.50. The molecular formula is C19H19F3N2O7S. The molecule has 1 aromatic carbocycles. The molecule has 0 bridgehead atoms. The van der Waals surface area contributed by atoms with Crippen molar-refractivity contribution in [1.82, 2.24) is 10.2 Å². The molecule has 0 unspecified atom stereocenters. The minimum atomic E-state index is -4.57. The van der Waals surface area contributed by atoms with Crippen LogP contribution in [-0.4, -0.2) is 62.0 Å². The first-order chi connectivity index (χ1) is 14.9. The van der Waals surface area contributed by atoms with Crippen LogP contribution in [0.2, 0.25) is 0 Å². The van der Waals surface area contributed by atoms with Crippen molar-refractivity contribution < 1.29 is 45.4 Å². The van der Waals surface area contributed by atoms with E-state index in [1.54, 1.807) is 0 Å². The van der Waals surface area contributed by atoms with Gasteiger partial charge < -0.3 is 14.8 Å². The third kappa shape index (κ3) is 4.48. The van der Waals surface area contributed by atoms with Gasteiger partial charge in [-0.1, -0.05) is 12.1 Å². The molecule has 9 nitrogen and oxygen atoms in total. The summed E-state index contributed by atoms with van der Waals surface area (Å²) in [6, 6.07) is 4.29. The maximum Gasteiger partial charge on any atom is 0.416 e. The summed E-state index contributed by atoms with van der Waals surface area (Å²) >= 11 is 0. The SMILES string of the molecule is CO[C@H]1C(=O)N2C(C(=O)NCc3cccc(C(F)(F)F)c3)=C(COC(C)=O)CS(=O)(=O)[C@H]12. The number of fused-ring (bicyclic) bond motifs is 1. The number of nitrogens with one attached hydrogen (secondary N) is 1. The zero-order chi connectivity index (χ0) is 23.8. The quantitative estimate of drug-likeness (QED) is 0.475. The van der Waals surface area contributed by atoms with Gasteiger partial charge in [0.25, 0.3) is 11.8 Å². The zero-order valence-electron chi connectivity index (χ0n) is 16.9. The highest BCUT2D eigenvalue weighted by Gasteiger charge is 2.60. The van der Waals surface area contributed by atoms with Gasteiger partial charge in [0, 0.05) is 26.2 Å². The van der Waals surface area contributed by atoms with Crippen molar-refractivity contribution in [3.63, 3.8) is 0 Å². The molecule has 1 N–H and O–H groups in total. The number of halogens is 3. The summed E-state index contributed by atoms with van der Waals surface area (Å²) in [5.41, 5.74) is -1.21. The first-order valence-electron chi connectivity index (χ1n) is 9.24. The van der Waals surface area contributed by atoms with Crippen LogP contribution in [0.15, 0.2) is 35.5 Å². The monoisotopic (exact) mass is 476 g/mol. The van der Waals surface area contributed by atoms with Gasteiger partial charge >= 0.3 is 12.1 Å². The Bertz CT molecular complexity index is 1100. The Kier molecular flexibility index (Phi) is 6.33.